The van der Waals surface area contributed by atoms with E-state index in [1.165, 1.54) is 16.4 Å². The molecule has 160 valence electrons. The van der Waals surface area contributed by atoms with Gasteiger partial charge in [0.25, 0.3) is 15.9 Å². The lowest BCUT2D eigenvalue weighted by molar-refractivity contribution is 0.0924. The van der Waals surface area contributed by atoms with Gasteiger partial charge in [0.2, 0.25) is 0 Å². The highest BCUT2D eigenvalue weighted by Crippen LogP contribution is 2.31. The number of carbonyl (C=O) groups is 1. The molecule has 1 aliphatic heterocycles. The average molecular weight is 437 g/mol. The first-order valence-corrected chi connectivity index (χ1v) is 11.6. The van der Waals surface area contributed by atoms with Gasteiger partial charge in [0.15, 0.2) is 0 Å². The maximum atomic E-state index is 13.1. The number of hydrogen-bond donors (Lipinski definition) is 1. The summed E-state index contributed by atoms with van der Waals surface area (Å²) < 4.78 is 33.2. The summed E-state index contributed by atoms with van der Waals surface area (Å²) in [5.74, 6) is 0.530. The fraction of sp³-hybridized carbons (Fsp3) is 0.208. The van der Waals surface area contributed by atoms with Crippen LogP contribution in [0.15, 0.2) is 83.8 Å². The van der Waals surface area contributed by atoms with E-state index in [1.807, 2.05) is 30.3 Å². The van der Waals surface area contributed by atoms with Gasteiger partial charge in [0.1, 0.15) is 5.75 Å². The van der Waals surface area contributed by atoms with Gasteiger partial charge in [-0.1, -0.05) is 36.4 Å². The summed E-state index contributed by atoms with van der Waals surface area (Å²) in [6.45, 7) is 2.63. The van der Waals surface area contributed by atoms with Crippen LogP contribution >= 0.6 is 0 Å². The predicted octanol–water partition coefficient (Wildman–Crippen LogP) is 4.16. The molecule has 1 heterocycles. The number of rotatable bonds is 6. The summed E-state index contributed by atoms with van der Waals surface area (Å²) in [5.41, 5.74) is 1.96. The van der Waals surface area contributed by atoms with Crippen LogP contribution in [0.4, 0.5) is 5.69 Å². The van der Waals surface area contributed by atoms with Crippen molar-refractivity contribution in [2.75, 3.05) is 17.5 Å². The first kappa shape index (κ1) is 20.9. The molecule has 0 aliphatic carbocycles. The van der Waals surface area contributed by atoms with Crippen molar-refractivity contribution in [2.24, 2.45) is 0 Å². The Bertz CT molecular complexity index is 1160. The molecular formula is C24H24N2O4S. The molecule has 1 aliphatic rings. The van der Waals surface area contributed by atoms with E-state index in [0.717, 1.165) is 11.3 Å². The summed E-state index contributed by atoms with van der Waals surface area (Å²) in [4.78, 5) is 12.9. The number of sulfonamides is 1. The SMILES string of the molecule is CCN(c1ccccc1)S(=O)(=O)c1ccc(C(=O)N[C@@H]2CCOc3ccccc32)cc1. The van der Waals surface area contributed by atoms with Crippen LogP contribution in [-0.4, -0.2) is 27.5 Å². The van der Waals surface area contributed by atoms with Gasteiger partial charge in [-0.3, -0.25) is 9.10 Å². The monoisotopic (exact) mass is 436 g/mol. The van der Waals surface area contributed by atoms with Gasteiger partial charge in [-0.05, 0) is 49.4 Å². The smallest absolute Gasteiger partial charge is 0.264 e. The van der Waals surface area contributed by atoms with Gasteiger partial charge in [-0.15, -0.1) is 0 Å². The van der Waals surface area contributed by atoms with Crippen LogP contribution in [0, 0.1) is 0 Å². The second kappa shape index (κ2) is 8.81. The average Bonchev–Trinajstić information content (AvgIpc) is 2.80. The zero-order valence-electron chi connectivity index (χ0n) is 17.2. The van der Waals surface area contributed by atoms with E-state index in [-0.39, 0.29) is 16.8 Å². The number of amides is 1. The van der Waals surface area contributed by atoms with Crippen molar-refractivity contribution >= 4 is 21.6 Å². The highest BCUT2D eigenvalue weighted by molar-refractivity contribution is 7.92. The number of benzene rings is 3. The number of ether oxygens (including phenoxy) is 1. The molecular weight excluding hydrogens is 412 g/mol. The Kier molecular flexibility index (Phi) is 5.95. The Morgan fingerprint density at radius 2 is 1.68 bits per heavy atom. The van der Waals surface area contributed by atoms with Crippen molar-refractivity contribution in [3.05, 3.63) is 90.0 Å². The largest absolute Gasteiger partial charge is 0.493 e. The van der Waals surface area contributed by atoms with E-state index in [2.05, 4.69) is 5.32 Å². The van der Waals surface area contributed by atoms with Gasteiger partial charge < -0.3 is 10.1 Å². The van der Waals surface area contributed by atoms with Gasteiger partial charge in [-0.2, -0.15) is 0 Å². The van der Waals surface area contributed by atoms with Crippen molar-refractivity contribution in [3.8, 4) is 5.75 Å². The first-order valence-electron chi connectivity index (χ1n) is 10.2. The Labute approximate surface area is 182 Å². The Morgan fingerprint density at radius 3 is 2.39 bits per heavy atom. The van der Waals surface area contributed by atoms with Crippen LogP contribution in [0.2, 0.25) is 0 Å². The molecule has 0 spiro atoms. The van der Waals surface area contributed by atoms with Gasteiger partial charge >= 0.3 is 0 Å². The van der Waals surface area contributed by atoms with Crippen molar-refractivity contribution in [1.29, 1.82) is 0 Å². The molecule has 3 aromatic rings. The number of para-hydroxylation sites is 2. The summed E-state index contributed by atoms with van der Waals surface area (Å²) >= 11 is 0. The van der Waals surface area contributed by atoms with Crippen molar-refractivity contribution in [1.82, 2.24) is 5.32 Å². The normalized spacial score (nSPS) is 15.5. The maximum absolute atomic E-state index is 13.1. The predicted molar refractivity (Wildman–Crippen MR) is 120 cm³/mol. The van der Waals surface area contributed by atoms with Crippen LogP contribution < -0.4 is 14.4 Å². The van der Waals surface area contributed by atoms with E-state index in [1.54, 1.807) is 43.3 Å². The minimum Gasteiger partial charge on any atom is -0.493 e. The third-order valence-electron chi connectivity index (χ3n) is 5.30. The second-order valence-electron chi connectivity index (χ2n) is 7.23. The van der Waals surface area contributed by atoms with Crippen LogP contribution in [0.5, 0.6) is 5.75 Å². The lowest BCUT2D eigenvalue weighted by Crippen LogP contribution is -2.32. The van der Waals surface area contributed by atoms with E-state index < -0.39 is 10.0 Å². The van der Waals surface area contributed by atoms with E-state index in [4.69, 9.17) is 4.74 Å². The Balaban J connectivity index is 1.52. The molecule has 0 radical (unpaired) electrons. The van der Waals surface area contributed by atoms with Crippen LogP contribution in [0.1, 0.15) is 35.3 Å². The molecule has 7 heteroatoms. The zero-order chi connectivity index (χ0) is 21.8. The topological polar surface area (TPSA) is 75.7 Å². The number of nitrogens with one attached hydrogen (secondary N) is 1. The van der Waals surface area contributed by atoms with Crippen LogP contribution in [-0.2, 0) is 10.0 Å². The first-order chi connectivity index (χ1) is 15.0. The molecule has 0 aromatic heterocycles. The molecule has 1 N–H and O–H groups in total. The number of carbonyl (C=O) groups excluding carboxylic acids is 1. The van der Waals surface area contributed by atoms with E-state index >= 15 is 0 Å². The molecule has 6 nitrogen and oxygen atoms in total. The molecule has 1 amide bonds. The fourth-order valence-corrected chi connectivity index (χ4v) is 5.20. The number of nitrogens with zero attached hydrogens (tertiary/aromatic N) is 1. The van der Waals surface area contributed by atoms with Crippen molar-refractivity contribution in [2.45, 2.75) is 24.3 Å². The Morgan fingerprint density at radius 1 is 1.00 bits per heavy atom. The lowest BCUT2D eigenvalue weighted by atomic mass is 10.00. The highest BCUT2D eigenvalue weighted by Gasteiger charge is 2.25. The molecule has 3 aromatic carbocycles. The number of hydrogen-bond acceptors (Lipinski definition) is 4. The molecule has 31 heavy (non-hydrogen) atoms. The van der Waals surface area contributed by atoms with E-state index in [0.29, 0.717) is 30.8 Å². The molecule has 0 unspecified atom stereocenters. The maximum Gasteiger partial charge on any atom is 0.264 e. The molecule has 0 saturated carbocycles. The minimum atomic E-state index is -3.73. The van der Waals surface area contributed by atoms with Crippen LogP contribution in [0.3, 0.4) is 0 Å². The molecule has 0 saturated heterocycles. The molecule has 4 rings (SSSR count). The third kappa shape index (κ3) is 4.27. The molecule has 1 atom stereocenters. The summed E-state index contributed by atoms with van der Waals surface area (Å²) in [6.07, 6.45) is 0.678. The highest BCUT2D eigenvalue weighted by atomic mass is 32.2. The number of anilines is 1. The summed E-state index contributed by atoms with van der Waals surface area (Å²) in [5, 5.41) is 3.03. The molecule has 0 fully saturated rings. The van der Waals surface area contributed by atoms with E-state index in [9.17, 15) is 13.2 Å². The number of fused-ring (bicyclic) bond motifs is 1. The summed E-state index contributed by atoms with van der Waals surface area (Å²) in [6, 6.07) is 22.5. The second-order valence-corrected chi connectivity index (χ2v) is 9.09. The quantitative estimate of drug-likeness (QED) is 0.630. The zero-order valence-corrected chi connectivity index (χ0v) is 18.0. The third-order valence-corrected chi connectivity index (χ3v) is 7.22. The van der Waals surface area contributed by atoms with Crippen LogP contribution in [0.25, 0.3) is 0 Å². The summed E-state index contributed by atoms with van der Waals surface area (Å²) in [7, 11) is -3.73. The fourth-order valence-electron chi connectivity index (χ4n) is 3.72. The van der Waals surface area contributed by atoms with Crippen molar-refractivity contribution in [3.63, 3.8) is 0 Å². The van der Waals surface area contributed by atoms with Gasteiger partial charge in [0, 0.05) is 24.1 Å². The lowest BCUT2D eigenvalue weighted by Gasteiger charge is -2.26. The Hall–Kier alpha value is -3.32. The minimum absolute atomic E-state index is 0.144. The standard InChI is InChI=1S/C24H24N2O4S/c1-2-26(19-8-4-3-5-9-19)31(28,29)20-14-12-18(13-15-20)24(27)25-22-16-17-30-23-11-7-6-10-21(22)23/h3-15,22H,2,16-17H2,1H3,(H,25,27)/t22-/m1/s1. The van der Waals surface area contributed by atoms with Gasteiger partial charge in [-0.25, -0.2) is 8.42 Å². The van der Waals surface area contributed by atoms with Gasteiger partial charge in [0.05, 0.1) is 23.2 Å². The van der Waals surface area contributed by atoms with Crippen molar-refractivity contribution < 1.29 is 17.9 Å². The molecule has 0 bridgehead atoms.